The quantitative estimate of drug-likeness (QED) is 0.770. The summed E-state index contributed by atoms with van der Waals surface area (Å²) in [5.41, 5.74) is 0. The van der Waals surface area contributed by atoms with Gasteiger partial charge < -0.3 is 20.0 Å². The number of carboxylic acid groups (broad SMARTS) is 1. The lowest BCUT2D eigenvalue weighted by molar-refractivity contribution is -0.137. The topological polar surface area (TPSA) is 81.1 Å². The van der Waals surface area contributed by atoms with E-state index in [1.807, 2.05) is 4.90 Å². The van der Waals surface area contributed by atoms with Gasteiger partial charge in [-0.2, -0.15) is 0 Å². The van der Waals surface area contributed by atoms with Gasteiger partial charge in [0.2, 0.25) is 0 Å². The highest BCUT2D eigenvalue weighted by Crippen LogP contribution is 2.36. The van der Waals surface area contributed by atoms with Gasteiger partial charge in [-0.05, 0) is 25.7 Å². The van der Waals surface area contributed by atoms with Crippen molar-refractivity contribution in [3.05, 3.63) is 0 Å². The molecule has 0 aliphatic carbocycles. The molecule has 2 aliphatic heterocycles. The molecule has 6 nitrogen and oxygen atoms in total. The van der Waals surface area contributed by atoms with Crippen LogP contribution in [0.5, 0.6) is 0 Å². The summed E-state index contributed by atoms with van der Waals surface area (Å²) < 4.78 is 0. The number of fused-ring (bicyclic) bond motifs is 2. The van der Waals surface area contributed by atoms with Crippen LogP contribution in [0.2, 0.25) is 0 Å². The number of aliphatic hydroxyl groups excluding tert-OH is 1. The van der Waals surface area contributed by atoms with E-state index in [2.05, 4.69) is 0 Å². The maximum Gasteiger partial charge on any atom is 0.320 e. The molecule has 0 aromatic rings. The molecule has 2 unspecified atom stereocenters. The predicted octanol–water partition coefficient (Wildman–Crippen LogP) is 0.501. The third-order valence-electron chi connectivity index (χ3n) is 3.92. The van der Waals surface area contributed by atoms with Gasteiger partial charge in [0.05, 0.1) is 12.5 Å². The molecule has 0 aromatic heterocycles. The summed E-state index contributed by atoms with van der Waals surface area (Å²) >= 11 is 0. The van der Waals surface area contributed by atoms with Crippen molar-refractivity contribution in [1.29, 1.82) is 0 Å². The molecular formula is C12H20N2O4. The fraction of sp³-hybridized carbons (Fsp3) is 0.833. The van der Waals surface area contributed by atoms with E-state index >= 15 is 0 Å². The number of carbonyl (C=O) groups excluding carboxylic acids is 1. The van der Waals surface area contributed by atoms with Crippen LogP contribution in [0.4, 0.5) is 4.79 Å². The van der Waals surface area contributed by atoms with Crippen molar-refractivity contribution in [2.75, 3.05) is 13.6 Å². The SMILES string of the molecule is CN(CCC(=O)O)C(=O)N1C2CCC1CC(O)C2. The van der Waals surface area contributed by atoms with Crippen molar-refractivity contribution < 1.29 is 19.8 Å². The van der Waals surface area contributed by atoms with E-state index < -0.39 is 5.97 Å². The number of aliphatic carboxylic acids is 1. The van der Waals surface area contributed by atoms with E-state index in [0.29, 0.717) is 12.8 Å². The molecule has 0 saturated carbocycles. The Labute approximate surface area is 106 Å². The molecule has 2 heterocycles. The van der Waals surface area contributed by atoms with Crippen molar-refractivity contribution in [2.45, 2.75) is 50.3 Å². The Morgan fingerprint density at radius 3 is 2.33 bits per heavy atom. The van der Waals surface area contributed by atoms with E-state index in [9.17, 15) is 14.7 Å². The average Bonchev–Trinajstić information content (AvgIpc) is 2.57. The lowest BCUT2D eigenvalue weighted by Crippen LogP contribution is -2.52. The zero-order chi connectivity index (χ0) is 13.3. The highest BCUT2D eigenvalue weighted by atomic mass is 16.4. The third-order valence-corrected chi connectivity index (χ3v) is 3.92. The zero-order valence-corrected chi connectivity index (χ0v) is 10.6. The van der Waals surface area contributed by atoms with E-state index in [4.69, 9.17) is 5.11 Å². The Balaban J connectivity index is 1.95. The monoisotopic (exact) mass is 256 g/mol. The molecule has 2 saturated heterocycles. The van der Waals surface area contributed by atoms with Crippen LogP contribution < -0.4 is 0 Å². The molecule has 102 valence electrons. The Morgan fingerprint density at radius 1 is 1.28 bits per heavy atom. The fourth-order valence-electron chi connectivity index (χ4n) is 3.02. The minimum absolute atomic E-state index is 0.0337. The summed E-state index contributed by atoms with van der Waals surface area (Å²) in [6.45, 7) is 0.229. The number of hydrogen-bond acceptors (Lipinski definition) is 3. The minimum atomic E-state index is -0.897. The lowest BCUT2D eigenvalue weighted by Gasteiger charge is -2.39. The highest BCUT2D eigenvalue weighted by molar-refractivity contribution is 5.76. The van der Waals surface area contributed by atoms with Crippen LogP contribution in [-0.2, 0) is 4.79 Å². The summed E-state index contributed by atoms with van der Waals surface area (Å²) in [4.78, 5) is 26.1. The summed E-state index contributed by atoms with van der Waals surface area (Å²) in [5, 5.41) is 18.3. The van der Waals surface area contributed by atoms with Crippen molar-refractivity contribution in [1.82, 2.24) is 9.80 Å². The first-order valence-electron chi connectivity index (χ1n) is 6.42. The summed E-state index contributed by atoms with van der Waals surface area (Å²) in [6, 6.07) is 0.146. The van der Waals surface area contributed by atoms with Crippen LogP contribution in [0, 0.1) is 0 Å². The minimum Gasteiger partial charge on any atom is -0.481 e. The maximum atomic E-state index is 12.3. The first-order chi connectivity index (χ1) is 8.49. The van der Waals surface area contributed by atoms with Gasteiger partial charge >= 0.3 is 12.0 Å². The van der Waals surface area contributed by atoms with E-state index in [1.54, 1.807) is 7.05 Å². The van der Waals surface area contributed by atoms with E-state index in [1.165, 1.54) is 4.90 Å². The van der Waals surface area contributed by atoms with Gasteiger partial charge in [-0.15, -0.1) is 0 Å². The second kappa shape index (κ2) is 5.14. The van der Waals surface area contributed by atoms with Crippen molar-refractivity contribution in [3.8, 4) is 0 Å². The summed E-state index contributed by atoms with van der Waals surface area (Å²) in [6.07, 6.45) is 2.86. The molecule has 2 N–H and O–H groups in total. The number of aliphatic hydroxyl groups is 1. The van der Waals surface area contributed by atoms with Gasteiger partial charge in [-0.1, -0.05) is 0 Å². The van der Waals surface area contributed by atoms with Gasteiger partial charge in [0, 0.05) is 25.7 Å². The van der Waals surface area contributed by atoms with Crippen molar-refractivity contribution in [3.63, 3.8) is 0 Å². The molecule has 2 rings (SSSR count). The third kappa shape index (κ3) is 2.58. The highest BCUT2D eigenvalue weighted by Gasteiger charge is 2.43. The van der Waals surface area contributed by atoms with Crippen LogP contribution in [0.3, 0.4) is 0 Å². The van der Waals surface area contributed by atoms with Crippen LogP contribution in [-0.4, -0.2) is 63.8 Å². The molecule has 2 atom stereocenters. The predicted molar refractivity (Wildman–Crippen MR) is 64.2 cm³/mol. The Bertz CT molecular complexity index is 333. The van der Waals surface area contributed by atoms with Crippen LogP contribution in [0.15, 0.2) is 0 Å². The van der Waals surface area contributed by atoms with Gasteiger partial charge in [-0.3, -0.25) is 4.79 Å². The Morgan fingerprint density at radius 2 is 1.83 bits per heavy atom. The number of amides is 2. The summed E-state index contributed by atoms with van der Waals surface area (Å²) in [5.74, 6) is -0.897. The molecule has 0 spiro atoms. The van der Waals surface area contributed by atoms with Crippen LogP contribution in [0.1, 0.15) is 32.1 Å². The smallest absolute Gasteiger partial charge is 0.320 e. The lowest BCUT2D eigenvalue weighted by atomic mass is 10.0. The molecule has 0 radical (unpaired) electrons. The number of carbonyl (C=O) groups is 2. The summed E-state index contributed by atoms with van der Waals surface area (Å²) in [7, 11) is 1.63. The van der Waals surface area contributed by atoms with Gasteiger partial charge in [0.1, 0.15) is 0 Å². The zero-order valence-electron chi connectivity index (χ0n) is 10.6. The second-order valence-electron chi connectivity index (χ2n) is 5.27. The molecule has 2 fully saturated rings. The molecule has 2 bridgehead atoms. The number of rotatable bonds is 3. The first-order valence-corrected chi connectivity index (χ1v) is 6.42. The first kappa shape index (κ1) is 13.1. The number of urea groups is 1. The molecule has 2 amide bonds. The Hall–Kier alpha value is -1.30. The van der Waals surface area contributed by atoms with E-state index in [-0.39, 0.29) is 37.2 Å². The van der Waals surface area contributed by atoms with Crippen LogP contribution >= 0.6 is 0 Å². The van der Waals surface area contributed by atoms with Crippen molar-refractivity contribution in [2.24, 2.45) is 0 Å². The molecule has 6 heteroatoms. The number of carboxylic acids is 1. The average molecular weight is 256 g/mol. The number of piperidine rings is 1. The molecule has 0 aromatic carbocycles. The molecular weight excluding hydrogens is 236 g/mol. The van der Waals surface area contributed by atoms with Crippen molar-refractivity contribution >= 4 is 12.0 Å². The molecule has 2 aliphatic rings. The number of hydrogen-bond donors (Lipinski definition) is 2. The normalized spacial score (nSPS) is 30.3. The van der Waals surface area contributed by atoms with E-state index in [0.717, 1.165) is 12.8 Å². The van der Waals surface area contributed by atoms with Gasteiger partial charge in [0.25, 0.3) is 0 Å². The fourth-order valence-corrected chi connectivity index (χ4v) is 3.02. The largest absolute Gasteiger partial charge is 0.481 e. The molecule has 18 heavy (non-hydrogen) atoms. The van der Waals surface area contributed by atoms with Gasteiger partial charge in [-0.25, -0.2) is 4.79 Å². The standard InChI is InChI=1S/C12H20N2O4/c1-13(5-4-11(16)17)12(18)14-8-2-3-9(14)7-10(15)6-8/h8-10,15H,2-7H2,1H3,(H,16,17). The number of nitrogens with zero attached hydrogens (tertiary/aromatic N) is 2. The Kier molecular flexibility index (Phi) is 3.75. The van der Waals surface area contributed by atoms with Gasteiger partial charge in [0.15, 0.2) is 0 Å². The maximum absolute atomic E-state index is 12.3. The van der Waals surface area contributed by atoms with Crippen LogP contribution in [0.25, 0.3) is 0 Å². The second-order valence-corrected chi connectivity index (χ2v) is 5.27.